The summed E-state index contributed by atoms with van der Waals surface area (Å²) in [6.07, 6.45) is 5.04. The van der Waals surface area contributed by atoms with E-state index in [1.54, 1.807) is 0 Å². The largest absolute Gasteiger partial charge is 0.0651 e. The van der Waals surface area contributed by atoms with Crippen LogP contribution in [0.25, 0.3) is 0 Å². The fraction of sp³-hybridized carbons (Fsp3) is 0.900. The van der Waals surface area contributed by atoms with E-state index in [1.165, 1.54) is 12.8 Å². The minimum Gasteiger partial charge on any atom is -0.0651 e. The molecule has 0 aliphatic heterocycles. The molecule has 0 rings (SSSR count). The van der Waals surface area contributed by atoms with Crippen molar-refractivity contribution in [1.82, 2.24) is 0 Å². The molecule has 0 atom stereocenters. The summed E-state index contributed by atoms with van der Waals surface area (Å²) >= 11 is 0. The lowest BCUT2D eigenvalue weighted by Crippen LogP contribution is -2.13. The standard InChI is InChI=1S/C10H21/c1-6-9(7-2)8-10(3,4)5/h8-9H,6-7H2,1-5H3. The van der Waals surface area contributed by atoms with Gasteiger partial charge in [0.25, 0.3) is 0 Å². The molecule has 0 aromatic rings. The maximum Gasteiger partial charge on any atom is -0.0301 e. The van der Waals surface area contributed by atoms with Crippen molar-refractivity contribution >= 4 is 0 Å². The van der Waals surface area contributed by atoms with E-state index in [9.17, 15) is 0 Å². The summed E-state index contributed by atoms with van der Waals surface area (Å²) in [5.74, 6) is 0.819. The van der Waals surface area contributed by atoms with Gasteiger partial charge in [-0.3, -0.25) is 0 Å². The van der Waals surface area contributed by atoms with E-state index in [0.717, 1.165) is 5.92 Å². The zero-order valence-electron chi connectivity index (χ0n) is 8.07. The van der Waals surface area contributed by atoms with Gasteiger partial charge in [0, 0.05) is 0 Å². The van der Waals surface area contributed by atoms with E-state index in [0.29, 0.717) is 5.41 Å². The molecule has 0 saturated carbocycles. The second kappa shape index (κ2) is 4.00. The van der Waals surface area contributed by atoms with Gasteiger partial charge in [0.1, 0.15) is 0 Å². The molecule has 0 aliphatic rings. The van der Waals surface area contributed by atoms with E-state index in [-0.39, 0.29) is 0 Å². The first-order valence-corrected chi connectivity index (χ1v) is 4.35. The molecular formula is C10H21. The predicted octanol–water partition coefficient (Wildman–Crippen LogP) is 3.67. The summed E-state index contributed by atoms with van der Waals surface area (Å²) in [6, 6.07) is 0. The zero-order chi connectivity index (χ0) is 8.20. The zero-order valence-corrected chi connectivity index (χ0v) is 8.07. The fourth-order valence-corrected chi connectivity index (χ4v) is 1.23. The third-order valence-corrected chi connectivity index (χ3v) is 1.78. The van der Waals surface area contributed by atoms with Crippen LogP contribution in [-0.4, -0.2) is 0 Å². The van der Waals surface area contributed by atoms with E-state index in [2.05, 4.69) is 41.0 Å². The van der Waals surface area contributed by atoms with Gasteiger partial charge in [-0.2, -0.15) is 0 Å². The van der Waals surface area contributed by atoms with Gasteiger partial charge in [-0.1, -0.05) is 47.5 Å². The Balaban J connectivity index is 3.63. The molecule has 61 valence electrons. The SMILES string of the molecule is CCC([CH]C(C)(C)C)CC. The van der Waals surface area contributed by atoms with Crippen LogP contribution in [0.4, 0.5) is 0 Å². The minimum atomic E-state index is 0.399. The highest BCUT2D eigenvalue weighted by atomic mass is 14.2. The molecule has 10 heavy (non-hydrogen) atoms. The van der Waals surface area contributed by atoms with Crippen molar-refractivity contribution < 1.29 is 0 Å². The fourth-order valence-electron chi connectivity index (χ4n) is 1.23. The molecule has 0 nitrogen and oxygen atoms in total. The Morgan fingerprint density at radius 2 is 1.50 bits per heavy atom. The molecule has 0 aromatic heterocycles. The van der Waals surface area contributed by atoms with Gasteiger partial charge in [0.05, 0.1) is 0 Å². The number of rotatable bonds is 3. The van der Waals surface area contributed by atoms with Crippen molar-refractivity contribution in [2.75, 3.05) is 0 Å². The maximum absolute atomic E-state index is 2.47. The molecule has 1 radical (unpaired) electrons. The molecule has 0 N–H and O–H groups in total. The van der Waals surface area contributed by atoms with E-state index < -0.39 is 0 Å². The van der Waals surface area contributed by atoms with Gasteiger partial charge in [-0.25, -0.2) is 0 Å². The molecule has 0 aliphatic carbocycles. The third kappa shape index (κ3) is 4.84. The van der Waals surface area contributed by atoms with Gasteiger partial charge in [-0.05, 0) is 17.8 Å². The van der Waals surface area contributed by atoms with Crippen molar-refractivity contribution in [3.05, 3.63) is 6.42 Å². The second-order valence-corrected chi connectivity index (χ2v) is 4.11. The normalized spacial score (nSPS) is 12.6. The lowest BCUT2D eigenvalue weighted by molar-refractivity contribution is 0.395. The van der Waals surface area contributed by atoms with E-state index in [4.69, 9.17) is 0 Å². The minimum absolute atomic E-state index is 0.399. The summed E-state index contributed by atoms with van der Waals surface area (Å²) in [5.41, 5.74) is 0.399. The van der Waals surface area contributed by atoms with Crippen LogP contribution in [0.1, 0.15) is 47.5 Å². The van der Waals surface area contributed by atoms with Crippen LogP contribution in [0.2, 0.25) is 0 Å². The molecule has 0 spiro atoms. The summed E-state index contributed by atoms with van der Waals surface area (Å²) in [7, 11) is 0. The van der Waals surface area contributed by atoms with E-state index >= 15 is 0 Å². The highest BCUT2D eigenvalue weighted by Gasteiger charge is 2.15. The lowest BCUT2D eigenvalue weighted by atomic mass is 9.82. The molecule has 0 saturated heterocycles. The predicted molar refractivity (Wildman–Crippen MR) is 47.8 cm³/mol. The van der Waals surface area contributed by atoms with Gasteiger partial charge in [-0.15, -0.1) is 0 Å². The van der Waals surface area contributed by atoms with Crippen molar-refractivity contribution in [3.8, 4) is 0 Å². The van der Waals surface area contributed by atoms with Crippen LogP contribution in [-0.2, 0) is 0 Å². The lowest BCUT2D eigenvalue weighted by Gasteiger charge is -2.23. The van der Waals surface area contributed by atoms with Gasteiger partial charge >= 0.3 is 0 Å². The molecule has 0 bridgehead atoms. The summed E-state index contributed by atoms with van der Waals surface area (Å²) in [4.78, 5) is 0. The summed E-state index contributed by atoms with van der Waals surface area (Å²) in [6.45, 7) is 11.3. The summed E-state index contributed by atoms with van der Waals surface area (Å²) in [5, 5.41) is 0. The van der Waals surface area contributed by atoms with Gasteiger partial charge in [0.2, 0.25) is 0 Å². The maximum atomic E-state index is 2.47. The first kappa shape index (κ1) is 10.0. The number of hydrogen-bond acceptors (Lipinski definition) is 0. The molecule has 0 heteroatoms. The van der Waals surface area contributed by atoms with Crippen molar-refractivity contribution in [3.63, 3.8) is 0 Å². The van der Waals surface area contributed by atoms with Gasteiger partial charge < -0.3 is 0 Å². The van der Waals surface area contributed by atoms with Crippen molar-refractivity contribution in [2.45, 2.75) is 47.5 Å². The van der Waals surface area contributed by atoms with Crippen molar-refractivity contribution in [1.29, 1.82) is 0 Å². The Morgan fingerprint density at radius 3 is 1.60 bits per heavy atom. The average molecular weight is 141 g/mol. The van der Waals surface area contributed by atoms with Crippen LogP contribution in [0, 0.1) is 17.8 Å². The highest BCUT2D eigenvalue weighted by Crippen LogP contribution is 2.26. The van der Waals surface area contributed by atoms with Crippen molar-refractivity contribution in [2.24, 2.45) is 11.3 Å². The van der Waals surface area contributed by atoms with Gasteiger partial charge in [0.15, 0.2) is 0 Å². The second-order valence-electron chi connectivity index (χ2n) is 4.11. The van der Waals surface area contributed by atoms with Crippen LogP contribution >= 0.6 is 0 Å². The Bertz CT molecular complexity index is 72.5. The van der Waals surface area contributed by atoms with Crippen LogP contribution < -0.4 is 0 Å². The summed E-state index contributed by atoms with van der Waals surface area (Å²) < 4.78 is 0. The quantitative estimate of drug-likeness (QED) is 0.562. The van der Waals surface area contributed by atoms with Crippen LogP contribution in [0.3, 0.4) is 0 Å². The molecule has 0 aromatic carbocycles. The third-order valence-electron chi connectivity index (χ3n) is 1.78. The van der Waals surface area contributed by atoms with E-state index in [1.807, 2.05) is 0 Å². The Kier molecular flexibility index (Phi) is 4.00. The monoisotopic (exact) mass is 141 g/mol. The molecular weight excluding hydrogens is 120 g/mol. The molecule has 0 unspecified atom stereocenters. The van der Waals surface area contributed by atoms with Crippen LogP contribution in [0.15, 0.2) is 0 Å². The first-order chi connectivity index (χ1) is 4.49. The average Bonchev–Trinajstić information content (AvgIpc) is 1.81. The highest BCUT2D eigenvalue weighted by molar-refractivity contribution is 4.85. The molecule has 0 fully saturated rings. The number of hydrogen-bond donors (Lipinski definition) is 0. The van der Waals surface area contributed by atoms with Crippen LogP contribution in [0.5, 0.6) is 0 Å². The molecule has 0 amide bonds. The smallest absolute Gasteiger partial charge is 0.0301 e. The molecule has 0 heterocycles. The first-order valence-electron chi connectivity index (χ1n) is 4.35. The Labute approximate surface area is 66.0 Å². The Hall–Kier alpha value is 0. The topological polar surface area (TPSA) is 0 Å². The Morgan fingerprint density at radius 1 is 1.10 bits per heavy atom.